The van der Waals surface area contributed by atoms with E-state index in [0.29, 0.717) is 21.7 Å². The summed E-state index contributed by atoms with van der Waals surface area (Å²) < 4.78 is 17.5. The van der Waals surface area contributed by atoms with Gasteiger partial charge in [0.25, 0.3) is 5.91 Å². The second-order valence-corrected chi connectivity index (χ2v) is 7.11. The Balaban J connectivity index is 2.07. The van der Waals surface area contributed by atoms with Crippen molar-refractivity contribution in [3.63, 3.8) is 0 Å². The number of aromatic nitrogens is 1. The standard InChI is InChI=1S/C18H19N3O7S/c1-26-11-6-10-13(7-12(11)27-2)29-18(20(10)9-17(25)28-3)19-14(22)8-21-15(23)4-5-16(21)24/h6-7H,4-5,8-9H2,1-3H3. The maximum absolute atomic E-state index is 12.4. The molecule has 10 nitrogen and oxygen atoms in total. The molecular formula is C18H19N3O7S. The van der Waals surface area contributed by atoms with Crippen LogP contribution in [0, 0.1) is 0 Å². The second-order valence-electron chi connectivity index (χ2n) is 6.10. The van der Waals surface area contributed by atoms with Crippen molar-refractivity contribution in [1.82, 2.24) is 9.47 Å². The smallest absolute Gasteiger partial charge is 0.325 e. The van der Waals surface area contributed by atoms with Crippen LogP contribution < -0.4 is 14.3 Å². The number of carbonyl (C=O) groups is 4. The number of thiazole rings is 1. The third kappa shape index (κ3) is 4.14. The SMILES string of the molecule is COC(=O)Cn1c(=NC(=O)CN2C(=O)CCC2=O)sc2cc(OC)c(OC)cc21. The number of likely N-dealkylation sites (tertiary alicyclic amines) is 1. The van der Waals surface area contributed by atoms with Gasteiger partial charge in [-0.1, -0.05) is 11.3 Å². The van der Waals surface area contributed by atoms with E-state index in [1.54, 1.807) is 12.1 Å². The van der Waals surface area contributed by atoms with Crippen molar-refractivity contribution in [2.24, 2.45) is 4.99 Å². The fourth-order valence-electron chi connectivity index (χ4n) is 2.90. The molecule has 1 aliphatic heterocycles. The van der Waals surface area contributed by atoms with E-state index in [2.05, 4.69) is 4.99 Å². The Bertz CT molecular complexity index is 1050. The number of nitrogens with zero attached hydrogens (tertiary/aromatic N) is 3. The van der Waals surface area contributed by atoms with Crippen LogP contribution in [0.3, 0.4) is 0 Å². The molecule has 0 saturated carbocycles. The molecule has 0 aliphatic carbocycles. The van der Waals surface area contributed by atoms with Gasteiger partial charge in [-0.2, -0.15) is 4.99 Å². The molecule has 1 fully saturated rings. The van der Waals surface area contributed by atoms with Crippen LogP contribution in [-0.4, -0.2) is 61.0 Å². The summed E-state index contributed by atoms with van der Waals surface area (Å²) in [6.07, 6.45) is 0.188. The molecule has 1 aromatic heterocycles. The van der Waals surface area contributed by atoms with Crippen molar-refractivity contribution < 1.29 is 33.4 Å². The molecule has 0 bridgehead atoms. The lowest BCUT2D eigenvalue weighted by molar-refractivity contribution is -0.142. The Morgan fingerprint density at radius 1 is 1.03 bits per heavy atom. The van der Waals surface area contributed by atoms with Crippen LogP contribution in [0.5, 0.6) is 11.5 Å². The van der Waals surface area contributed by atoms with Gasteiger partial charge in [-0.15, -0.1) is 0 Å². The number of imide groups is 1. The summed E-state index contributed by atoms with van der Waals surface area (Å²) in [5.41, 5.74) is 0.595. The van der Waals surface area contributed by atoms with Gasteiger partial charge in [0.2, 0.25) is 11.8 Å². The Labute approximate surface area is 169 Å². The molecule has 3 rings (SSSR count). The zero-order valence-corrected chi connectivity index (χ0v) is 16.9. The second kappa shape index (κ2) is 8.43. The zero-order valence-electron chi connectivity index (χ0n) is 16.1. The quantitative estimate of drug-likeness (QED) is 0.492. The van der Waals surface area contributed by atoms with E-state index in [4.69, 9.17) is 14.2 Å². The lowest BCUT2D eigenvalue weighted by Gasteiger charge is -2.10. The first-order valence-electron chi connectivity index (χ1n) is 8.60. The Morgan fingerprint density at radius 2 is 1.66 bits per heavy atom. The molecule has 0 atom stereocenters. The van der Waals surface area contributed by atoms with Gasteiger partial charge in [0.05, 0.1) is 31.5 Å². The van der Waals surface area contributed by atoms with Crippen molar-refractivity contribution in [2.75, 3.05) is 27.9 Å². The van der Waals surface area contributed by atoms with Gasteiger partial charge >= 0.3 is 5.97 Å². The van der Waals surface area contributed by atoms with Crippen LogP contribution in [0.25, 0.3) is 10.2 Å². The van der Waals surface area contributed by atoms with Crippen molar-refractivity contribution in [1.29, 1.82) is 0 Å². The maximum Gasteiger partial charge on any atom is 0.325 e. The van der Waals surface area contributed by atoms with Crippen LogP contribution in [0.1, 0.15) is 12.8 Å². The topological polar surface area (TPSA) is 116 Å². The fourth-order valence-corrected chi connectivity index (χ4v) is 3.96. The summed E-state index contributed by atoms with van der Waals surface area (Å²) in [6, 6.07) is 3.38. The number of methoxy groups -OCH3 is 3. The number of carbonyl (C=O) groups excluding carboxylic acids is 4. The van der Waals surface area contributed by atoms with E-state index in [1.807, 2.05) is 0 Å². The monoisotopic (exact) mass is 421 g/mol. The van der Waals surface area contributed by atoms with Crippen LogP contribution in [0.2, 0.25) is 0 Å². The van der Waals surface area contributed by atoms with Gasteiger partial charge in [-0.05, 0) is 0 Å². The van der Waals surface area contributed by atoms with Crippen molar-refractivity contribution in [2.45, 2.75) is 19.4 Å². The Morgan fingerprint density at radius 3 is 2.24 bits per heavy atom. The molecule has 0 N–H and O–H groups in total. The van der Waals surface area contributed by atoms with Crippen molar-refractivity contribution in [3.05, 3.63) is 16.9 Å². The van der Waals surface area contributed by atoms with E-state index in [-0.39, 0.29) is 24.2 Å². The molecule has 1 aliphatic rings. The van der Waals surface area contributed by atoms with Crippen molar-refractivity contribution >= 4 is 45.2 Å². The summed E-state index contributed by atoms with van der Waals surface area (Å²) >= 11 is 1.16. The minimum Gasteiger partial charge on any atom is -0.493 e. The highest BCUT2D eigenvalue weighted by atomic mass is 32.1. The average molecular weight is 421 g/mol. The highest BCUT2D eigenvalue weighted by Gasteiger charge is 2.30. The largest absolute Gasteiger partial charge is 0.493 e. The van der Waals surface area contributed by atoms with E-state index in [1.165, 1.54) is 25.9 Å². The molecular weight excluding hydrogens is 402 g/mol. The summed E-state index contributed by atoms with van der Waals surface area (Å²) in [7, 11) is 4.24. The van der Waals surface area contributed by atoms with Crippen molar-refractivity contribution in [3.8, 4) is 11.5 Å². The highest BCUT2D eigenvalue weighted by molar-refractivity contribution is 7.16. The molecule has 0 spiro atoms. The molecule has 1 aromatic carbocycles. The van der Waals surface area contributed by atoms with Gasteiger partial charge in [0, 0.05) is 25.0 Å². The average Bonchev–Trinajstić information content (AvgIpc) is 3.20. The van der Waals surface area contributed by atoms with Gasteiger partial charge in [-0.25, -0.2) is 0 Å². The number of ether oxygens (including phenoxy) is 3. The molecule has 2 heterocycles. The number of benzene rings is 1. The molecule has 29 heavy (non-hydrogen) atoms. The van der Waals surface area contributed by atoms with E-state index in [9.17, 15) is 19.2 Å². The van der Waals surface area contributed by atoms with Crippen LogP contribution in [0.15, 0.2) is 17.1 Å². The number of hydrogen-bond donors (Lipinski definition) is 0. The number of fused-ring (bicyclic) bond motifs is 1. The molecule has 0 unspecified atom stereocenters. The fraction of sp³-hybridized carbons (Fsp3) is 0.389. The third-order valence-electron chi connectivity index (χ3n) is 4.37. The third-order valence-corrected chi connectivity index (χ3v) is 5.41. The first-order chi connectivity index (χ1) is 13.9. The van der Waals surface area contributed by atoms with E-state index >= 15 is 0 Å². The number of hydrogen-bond acceptors (Lipinski definition) is 8. The maximum atomic E-state index is 12.4. The van der Waals surface area contributed by atoms with Crippen LogP contribution in [-0.2, 0) is 30.5 Å². The predicted molar refractivity (Wildman–Crippen MR) is 101 cm³/mol. The summed E-state index contributed by atoms with van der Waals surface area (Å²) in [4.78, 5) is 52.9. The summed E-state index contributed by atoms with van der Waals surface area (Å²) in [5.74, 6) is -1.06. The predicted octanol–water partition coefficient (Wildman–Crippen LogP) is 0.469. The number of rotatable bonds is 6. The molecule has 154 valence electrons. The van der Waals surface area contributed by atoms with Crippen LogP contribution in [0.4, 0.5) is 0 Å². The van der Waals surface area contributed by atoms with Gasteiger partial charge in [0.15, 0.2) is 16.3 Å². The Hall–Kier alpha value is -3.21. The molecule has 1 saturated heterocycles. The Kier molecular flexibility index (Phi) is 5.97. The number of esters is 1. The first-order valence-corrected chi connectivity index (χ1v) is 9.42. The van der Waals surface area contributed by atoms with Gasteiger partial charge in [-0.3, -0.25) is 24.1 Å². The lowest BCUT2D eigenvalue weighted by Crippen LogP contribution is -2.34. The summed E-state index contributed by atoms with van der Waals surface area (Å²) in [5, 5.41) is 0. The minimum absolute atomic E-state index is 0.0942. The normalized spacial score (nSPS) is 14.6. The van der Waals surface area contributed by atoms with Gasteiger partial charge in [0.1, 0.15) is 13.1 Å². The summed E-state index contributed by atoms with van der Waals surface area (Å²) in [6.45, 7) is -0.615. The molecule has 2 aromatic rings. The molecule has 11 heteroatoms. The minimum atomic E-state index is -0.669. The van der Waals surface area contributed by atoms with E-state index < -0.39 is 30.2 Å². The first kappa shape index (κ1) is 20.5. The number of amides is 3. The van der Waals surface area contributed by atoms with Gasteiger partial charge < -0.3 is 18.8 Å². The lowest BCUT2D eigenvalue weighted by atomic mass is 10.3. The van der Waals surface area contributed by atoms with Crippen LogP contribution >= 0.6 is 11.3 Å². The zero-order chi connectivity index (χ0) is 21.1. The molecule has 0 radical (unpaired) electrons. The van der Waals surface area contributed by atoms with E-state index in [0.717, 1.165) is 16.2 Å². The highest BCUT2D eigenvalue weighted by Crippen LogP contribution is 2.33. The molecule has 3 amide bonds.